The first kappa shape index (κ1) is 21.0. The SMILES string of the molecule is CC(C)N(C)C(=O)C1CCN(C(=O)COc2ccc(Cl)cc2C(N)=O)CC1. The third kappa shape index (κ3) is 5.35. The van der Waals surface area contributed by atoms with Crippen LogP contribution in [-0.4, -0.2) is 60.3 Å². The van der Waals surface area contributed by atoms with E-state index in [9.17, 15) is 14.4 Å². The highest BCUT2D eigenvalue weighted by Crippen LogP contribution is 2.23. The molecule has 148 valence electrons. The van der Waals surface area contributed by atoms with Crippen molar-refractivity contribution in [3.05, 3.63) is 28.8 Å². The topological polar surface area (TPSA) is 92.9 Å². The fraction of sp³-hybridized carbons (Fsp3) is 0.526. The minimum absolute atomic E-state index is 0.0555. The molecular formula is C19H26ClN3O4. The van der Waals surface area contributed by atoms with E-state index < -0.39 is 5.91 Å². The number of hydrogen-bond donors (Lipinski definition) is 1. The molecule has 3 amide bonds. The molecule has 1 saturated heterocycles. The number of amides is 3. The van der Waals surface area contributed by atoms with E-state index in [0.717, 1.165) is 0 Å². The summed E-state index contributed by atoms with van der Waals surface area (Å²) in [5.74, 6) is -0.568. The number of likely N-dealkylation sites (tertiary alicyclic amines) is 1. The van der Waals surface area contributed by atoms with Gasteiger partial charge in [-0.15, -0.1) is 0 Å². The van der Waals surface area contributed by atoms with Gasteiger partial charge in [-0.3, -0.25) is 14.4 Å². The quantitative estimate of drug-likeness (QED) is 0.796. The Bertz CT molecular complexity index is 715. The van der Waals surface area contributed by atoms with Crippen molar-refractivity contribution >= 4 is 29.3 Å². The summed E-state index contributed by atoms with van der Waals surface area (Å²) in [6.45, 7) is 4.77. The zero-order valence-electron chi connectivity index (χ0n) is 15.9. The Balaban J connectivity index is 1.89. The van der Waals surface area contributed by atoms with E-state index in [1.54, 1.807) is 22.9 Å². The normalized spacial score (nSPS) is 14.9. The second-order valence-electron chi connectivity index (χ2n) is 6.99. The number of benzene rings is 1. The van der Waals surface area contributed by atoms with E-state index in [0.29, 0.717) is 31.0 Å². The van der Waals surface area contributed by atoms with Gasteiger partial charge in [0.15, 0.2) is 6.61 Å². The average Bonchev–Trinajstić information content (AvgIpc) is 2.65. The highest BCUT2D eigenvalue weighted by molar-refractivity contribution is 6.31. The summed E-state index contributed by atoms with van der Waals surface area (Å²) in [5, 5.41) is 0.362. The molecule has 2 rings (SSSR count). The van der Waals surface area contributed by atoms with E-state index in [4.69, 9.17) is 22.1 Å². The van der Waals surface area contributed by atoms with E-state index in [2.05, 4.69) is 0 Å². The lowest BCUT2D eigenvalue weighted by atomic mass is 9.95. The summed E-state index contributed by atoms with van der Waals surface area (Å²) in [6.07, 6.45) is 1.27. The molecule has 0 aromatic heterocycles. The second-order valence-corrected chi connectivity index (χ2v) is 7.43. The van der Waals surface area contributed by atoms with Gasteiger partial charge in [0.25, 0.3) is 11.8 Å². The average molecular weight is 396 g/mol. The van der Waals surface area contributed by atoms with Crippen LogP contribution in [0.1, 0.15) is 37.0 Å². The zero-order valence-corrected chi connectivity index (χ0v) is 16.7. The van der Waals surface area contributed by atoms with E-state index >= 15 is 0 Å². The van der Waals surface area contributed by atoms with Crippen molar-refractivity contribution in [3.63, 3.8) is 0 Å². The third-order valence-electron chi connectivity index (χ3n) is 4.88. The smallest absolute Gasteiger partial charge is 0.260 e. The number of nitrogens with zero attached hydrogens (tertiary/aromatic N) is 2. The molecule has 0 spiro atoms. The van der Waals surface area contributed by atoms with Crippen molar-refractivity contribution < 1.29 is 19.1 Å². The van der Waals surface area contributed by atoms with Gasteiger partial charge < -0.3 is 20.3 Å². The van der Waals surface area contributed by atoms with Crippen LogP contribution in [0.15, 0.2) is 18.2 Å². The molecule has 2 N–H and O–H groups in total. The number of piperidine rings is 1. The molecule has 0 saturated carbocycles. The highest BCUT2D eigenvalue weighted by Gasteiger charge is 2.30. The Labute approximate surface area is 164 Å². The van der Waals surface area contributed by atoms with Crippen molar-refractivity contribution in [2.45, 2.75) is 32.7 Å². The molecule has 1 aliphatic heterocycles. The van der Waals surface area contributed by atoms with Crippen LogP contribution in [0.3, 0.4) is 0 Å². The molecule has 0 aliphatic carbocycles. The maximum absolute atomic E-state index is 12.4. The fourth-order valence-corrected chi connectivity index (χ4v) is 3.14. The van der Waals surface area contributed by atoms with Gasteiger partial charge in [0.2, 0.25) is 5.91 Å². The molecule has 0 atom stereocenters. The van der Waals surface area contributed by atoms with Crippen molar-refractivity contribution in [1.82, 2.24) is 9.80 Å². The molecule has 1 aromatic rings. The van der Waals surface area contributed by atoms with Gasteiger partial charge in [0, 0.05) is 37.1 Å². The maximum atomic E-state index is 12.4. The Morgan fingerprint density at radius 2 is 1.93 bits per heavy atom. The first-order valence-corrected chi connectivity index (χ1v) is 9.35. The Kier molecular flexibility index (Phi) is 7.07. The van der Waals surface area contributed by atoms with Gasteiger partial charge in [-0.05, 0) is 44.9 Å². The Morgan fingerprint density at radius 3 is 2.48 bits per heavy atom. The van der Waals surface area contributed by atoms with Crippen LogP contribution in [0.2, 0.25) is 5.02 Å². The standard InChI is InChI=1S/C19H26ClN3O4/c1-12(2)22(3)19(26)13-6-8-23(9-7-13)17(24)11-27-16-5-4-14(20)10-15(16)18(21)25/h4-5,10,12-13H,6-9,11H2,1-3H3,(H2,21,25). The molecule has 7 nitrogen and oxygen atoms in total. The molecule has 0 radical (unpaired) electrons. The van der Waals surface area contributed by atoms with Crippen molar-refractivity contribution in [3.8, 4) is 5.75 Å². The number of rotatable bonds is 6. The molecule has 1 aliphatic rings. The van der Waals surface area contributed by atoms with Crippen LogP contribution in [0.5, 0.6) is 5.75 Å². The predicted molar refractivity (Wildman–Crippen MR) is 103 cm³/mol. The molecule has 8 heteroatoms. The molecular weight excluding hydrogens is 370 g/mol. The van der Waals surface area contributed by atoms with Gasteiger partial charge in [-0.25, -0.2) is 0 Å². The van der Waals surface area contributed by atoms with Crippen LogP contribution in [-0.2, 0) is 9.59 Å². The van der Waals surface area contributed by atoms with Gasteiger partial charge in [0.05, 0.1) is 5.56 Å². The molecule has 0 unspecified atom stereocenters. The number of carbonyl (C=O) groups is 3. The van der Waals surface area contributed by atoms with E-state index in [-0.39, 0.29) is 41.7 Å². The van der Waals surface area contributed by atoms with Gasteiger partial charge in [-0.2, -0.15) is 0 Å². The van der Waals surface area contributed by atoms with Gasteiger partial charge >= 0.3 is 0 Å². The predicted octanol–water partition coefficient (Wildman–Crippen LogP) is 1.92. The number of carbonyl (C=O) groups excluding carboxylic acids is 3. The van der Waals surface area contributed by atoms with E-state index in [1.165, 1.54) is 12.1 Å². The summed E-state index contributed by atoms with van der Waals surface area (Å²) in [4.78, 5) is 39.7. The van der Waals surface area contributed by atoms with Gasteiger partial charge in [-0.1, -0.05) is 11.6 Å². The van der Waals surface area contributed by atoms with Crippen LogP contribution >= 0.6 is 11.6 Å². The fourth-order valence-electron chi connectivity index (χ4n) is 2.97. The number of ether oxygens (including phenoxy) is 1. The van der Waals surface area contributed by atoms with E-state index in [1.807, 2.05) is 13.8 Å². The largest absolute Gasteiger partial charge is 0.483 e. The van der Waals surface area contributed by atoms with Crippen LogP contribution < -0.4 is 10.5 Å². The lowest BCUT2D eigenvalue weighted by Gasteiger charge is -2.34. The maximum Gasteiger partial charge on any atom is 0.260 e. The lowest BCUT2D eigenvalue weighted by molar-refractivity contribution is -0.141. The Morgan fingerprint density at radius 1 is 1.30 bits per heavy atom. The molecule has 1 heterocycles. The number of hydrogen-bond acceptors (Lipinski definition) is 4. The molecule has 27 heavy (non-hydrogen) atoms. The van der Waals surface area contributed by atoms with Crippen molar-refractivity contribution in [2.24, 2.45) is 11.7 Å². The number of nitrogens with two attached hydrogens (primary N) is 1. The van der Waals surface area contributed by atoms with Crippen LogP contribution in [0.25, 0.3) is 0 Å². The third-order valence-corrected chi connectivity index (χ3v) is 5.11. The second kappa shape index (κ2) is 9.08. The summed E-state index contributed by atoms with van der Waals surface area (Å²) in [6, 6.07) is 4.65. The first-order valence-electron chi connectivity index (χ1n) is 8.97. The molecule has 0 bridgehead atoms. The van der Waals surface area contributed by atoms with Gasteiger partial charge in [0.1, 0.15) is 5.75 Å². The Hall–Kier alpha value is -2.28. The first-order chi connectivity index (χ1) is 12.7. The van der Waals surface area contributed by atoms with Crippen molar-refractivity contribution in [2.75, 3.05) is 26.7 Å². The van der Waals surface area contributed by atoms with Crippen LogP contribution in [0.4, 0.5) is 0 Å². The molecule has 1 fully saturated rings. The molecule has 1 aromatic carbocycles. The summed E-state index contributed by atoms with van der Waals surface area (Å²) in [5.41, 5.74) is 5.45. The zero-order chi connectivity index (χ0) is 20.1. The highest BCUT2D eigenvalue weighted by atomic mass is 35.5. The summed E-state index contributed by atoms with van der Waals surface area (Å²) < 4.78 is 5.49. The minimum Gasteiger partial charge on any atom is -0.483 e. The number of primary amides is 1. The minimum atomic E-state index is -0.673. The lowest BCUT2D eigenvalue weighted by Crippen LogP contribution is -2.46. The number of halogens is 1. The van der Waals surface area contributed by atoms with Crippen LogP contribution in [0, 0.1) is 5.92 Å². The summed E-state index contributed by atoms with van der Waals surface area (Å²) in [7, 11) is 1.81. The van der Waals surface area contributed by atoms with Crippen molar-refractivity contribution in [1.29, 1.82) is 0 Å². The summed E-state index contributed by atoms with van der Waals surface area (Å²) >= 11 is 5.86. The monoisotopic (exact) mass is 395 g/mol.